The van der Waals surface area contributed by atoms with E-state index in [1.807, 2.05) is 24.3 Å². The molecule has 1 heterocycles. The quantitative estimate of drug-likeness (QED) is 0.756. The molecule has 1 saturated heterocycles. The van der Waals surface area contributed by atoms with E-state index < -0.39 is 0 Å². The van der Waals surface area contributed by atoms with Crippen LogP contribution in [0.4, 0.5) is 0 Å². The number of piperidine rings is 1. The van der Waals surface area contributed by atoms with Crippen molar-refractivity contribution in [1.82, 2.24) is 10.2 Å². The van der Waals surface area contributed by atoms with Gasteiger partial charge in [-0.2, -0.15) is 0 Å². The zero-order valence-corrected chi connectivity index (χ0v) is 16.4. The van der Waals surface area contributed by atoms with Crippen molar-refractivity contribution in [3.05, 3.63) is 59.7 Å². The summed E-state index contributed by atoms with van der Waals surface area (Å²) in [5.41, 5.74) is 4.23. The second kappa shape index (κ2) is 9.67. The number of nitrogens with one attached hydrogen (secondary N) is 1. The molecule has 4 heteroatoms. The third-order valence-corrected chi connectivity index (χ3v) is 5.16. The smallest absolute Gasteiger partial charge is 0.251 e. The molecule has 27 heavy (non-hydrogen) atoms. The molecule has 0 unspecified atom stereocenters. The lowest BCUT2D eigenvalue weighted by Crippen LogP contribution is -2.34. The Labute approximate surface area is 162 Å². The summed E-state index contributed by atoms with van der Waals surface area (Å²) in [6, 6.07) is 16.2. The van der Waals surface area contributed by atoms with Crippen molar-refractivity contribution in [3.63, 3.8) is 0 Å². The van der Waals surface area contributed by atoms with Crippen LogP contribution in [0.1, 0.15) is 35.2 Å². The molecule has 2 aromatic carbocycles. The molecule has 0 spiro atoms. The molecule has 0 aliphatic carbocycles. The largest absolute Gasteiger partial charge is 0.378 e. The number of nitrogens with zero attached hydrogens (tertiary/aromatic N) is 1. The van der Waals surface area contributed by atoms with Gasteiger partial charge in [-0.15, -0.1) is 0 Å². The summed E-state index contributed by atoms with van der Waals surface area (Å²) in [7, 11) is 2.15. The Morgan fingerprint density at radius 2 is 1.63 bits per heavy atom. The van der Waals surface area contributed by atoms with E-state index in [0.717, 1.165) is 37.9 Å². The predicted molar refractivity (Wildman–Crippen MR) is 110 cm³/mol. The van der Waals surface area contributed by atoms with Gasteiger partial charge in [0.05, 0.1) is 6.10 Å². The van der Waals surface area contributed by atoms with Crippen molar-refractivity contribution in [2.24, 2.45) is 0 Å². The lowest BCUT2D eigenvalue weighted by atomic mass is 10.0. The zero-order chi connectivity index (χ0) is 19.1. The number of benzene rings is 2. The molecule has 2 aromatic rings. The molecule has 0 aromatic heterocycles. The van der Waals surface area contributed by atoms with Crippen LogP contribution in [0, 0.1) is 6.92 Å². The molecular weight excluding hydrogens is 336 g/mol. The number of hydrogen-bond donors (Lipinski definition) is 1. The third kappa shape index (κ3) is 5.91. The second-order valence-corrected chi connectivity index (χ2v) is 7.43. The number of hydrogen-bond acceptors (Lipinski definition) is 3. The van der Waals surface area contributed by atoms with Crippen molar-refractivity contribution < 1.29 is 9.53 Å². The summed E-state index contributed by atoms with van der Waals surface area (Å²) in [4.78, 5) is 14.6. The molecule has 144 valence electrons. The van der Waals surface area contributed by atoms with E-state index in [-0.39, 0.29) is 5.91 Å². The fourth-order valence-electron chi connectivity index (χ4n) is 3.34. The van der Waals surface area contributed by atoms with Gasteiger partial charge in [0.15, 0.2) is 0 Å². The van der Waals surface area contributed by atoms with E-state index in [0.29, 0.717) is 24.8 Å². The Morgan fingerprint density at radius 1 is 1.04 bits per heavy atom. The molecular formula is C23H30N2O2. The van der Waals surface area contributed by atoms with E-state index in [4.69, 9.17) is 4.74 Å². The minimum atomic E-state index is -0.0234. The molecule has 0 atom stereocenters. The minimum absolute atomic E-state index is 0.0234. The van der Waals surface area contributed by atoms with E-state index in [9.17, 15) is 4.79 Å². The first-order chi connectivity index (χ1) is 13.1. The van der Waals surface area contributed by atoms with Crippen molar-refractivity contribution >= 4 is 5.91 Å². The topological polar surface area (TPSA) is 41.6 Å². The maximum Gasteiger partial charge on any atom is 0.251 e. The highest BCUT2D eigenvalue weighted by Crippen LogP contribution is 2.20. The maximum atomic E-state index is 12.3. The number of aryl methyl sites for hydroxylation is 1. The Morgan fingerprint density at radius 3 is 2.26 bits per heavy atom. The summed E-state index contributed by atoms with van der Waals surface area (Å²) < 4.78 is 5.91. The number of ether oxygens (including phenoxy) is 1. The summed E-state index contributed by atoms with van der Waals surface area (Å²) in [6.07, 6.45) is 3.44. The van der Waals surface area contributed by atoms with Crippen molar-refractivity contribution in [2.75, 3.05) is 33.3 Å². The summed E-state index contributed by atoms with van der Waals surface area (Å²) in [5, 5.41) is 2.98. The van der Waals surface area contributed by atoms with Crippen LogP contribution in [0.15, 0.2) is 48.5 Å². The Bertz CT molecular complexity index is 717. The Balaban J connectivity index is 1.38. The SMILES string of the molecule is Cc1ccc(-c2ccc(C(=O)NCCCOC3CCN(C)CC3)cc2)cc1. The van der Waals surface area contributed by atoms with Crippen LogP contribution in [-0.2, 0) is 4.74 Å². The summed E-state index contributed by atoms with van der Waals surface area (Å²) >= 11 is 0. The highest BCUT2D eigenvalue weighted by Gasteiger charge is 2.16. The van der Waals surface area contributed by atoms with Gasteiger partial charge in [0.2, 0.25) is 0 Å². The van der Waals surface area contributed by atoms with Crippen LogP contribution >= 0.6 is 0 Å². The normalized spacial score (nSPS) is 15.6. The van der Waals surface area contributed by atoms with Gasteiger partial charge < -0.3 is 15.0 Å². The van der Waals surface area contributed by atoms with Crippen molar-refractivity contribution in [2.45, 2.75) is 32.3 Å². The minimum Gasteiger partial charge on any atom is -0.378 e. The van der Waals surface area contributed by atoms with Gasteiger partial charge in [-0.25, -0.2) is 0 Å². The first kappa shape index (κ1) is 19.6. The molecule has 1 aliphatic heterocycles. The van der Waals surface area contributed by atoms with Gasteiger partial charge in [0.25, 0.3) is 5.91 Å². The summed E-state index contributed by atoms with van der Waals surface area (Å²) in [6.45, 7) is 5.65. The number of amides is 1. The molecule has 1 aliphatic rings. The molecule has 1 amide bonds. The van der Waals surface area contributed by atoms with Gasteiger partial charge in [0, 0.05) is 31.8 Å². The van der Waals surface area contributed by atoms with Crippen LogP contribution in [-0.4, -0.2) is 50.2 Å². The van der Waals surface area contributed by atoms with Gasteiger partial charge in [-0.1, -0.05) is 42.0 Å². The third-order valence-electron chi connectivity index (χ3n) is 5.16. The Kier molecular flexibility index (Phi) is 7.02. The number of carbonyl (C=O) groups excluding carboxylic acids is 1. The molecule has 0 bridgehead atoms. The maximum absolute atomic E-state index is 12.3. The molecule has 1 fully saturated rings. The lowest BCUT2D eigenvalue weighted by molar-refractivity contribution is 0.0117. The van der Waals surface area contributed by atoms with E-state index >= 15 is 0 Å². The van der Waals surface area contributed by atoms with Crippen LogP contribution < -0.4 is 5.32 Å². The fourth-order valence-corrected chi connectivity index (χ4v) is 3.34. The van der Waals surface area contributed by atoms with E-state index in [1.165, 1.54) is 11.1 Å². The Hall–Kier alpha value is -2.17. The zero-order valence-electron chi connectivity index (χ0n) is 16.4. The van der Waals surface area contributed by atoms with Gasteiger partial charge in [-0.3, -0.25) is 4.79 Å². The predicted octanol–water partition coefficient (Wildman–Crippen LogP) is 3.89. The molecule has 4 nitrogen and oxygen atoms in total. The van der Waals surface area contributed by atoms with Crippen LogP contribution in [0.3, 0.4) is 0 Å². The fraction of sp³-hybridized carbons (Fsp3) is 0.435. The highest BCUT2D eigenvalue weighted by molar-refractivity contribution is 5.94. The summed E-state index contributed by atoms with van der Waals surface area (Å²) in [5.74, 6) is -0.0234. The first-order valence-electron chi connectivity index (χ1n) is 9.87. The standard InChI is InChI=1S/C23H30N2O2/c1-18-4-6-19(7-5-18)20-8-10-21(11-9-20)23(26)24-14-3-17-27-22-12-15-25(2)16-13-22/h4-11,22H,3,12-17H2,1-2H3,(H,24,26). The van der Waals surface area contributed by atoms with Gasteiger partial charge in [-0.05, 0) is 56.5 Å². The number of carbonyl (C=O) groups is 1. The lowest BCUT2D eigenvalue weighted by Gasteiger charge is -2.28. The number of rotatable bonds is 7. The molecule has 3 rings (SSSR count). The van der Waals surface area contributed by atoms with Crippen LogP contribution in [0.25, 0.3) is 11.1 Å². The highest BCUT2D eigenvalue weighted by atomic mass is 16.5. The van der Waals surface area contributed by atoms with Gasteiger partial charge in [0.1, 0.15) is 0 Å². The van der Waals surface area contributed by atoms with Crippen molar-refractivity contribution in [1.29, 1.82) is 0 Å². The van der Waals surface area contributed by atoms with Crippen molar-refractivity contribution in [3.8, 4) is 11.1 Å². The van der Waals surface area contributed by atoms with E-state index in [1.54, 1.807) is 0 Å². The average molecular weight is 367 g/mol. The number of likely N-dealkylation sites (tertiary alicyclic amines) is 1. The molecule has 0 saturated carbocycles. The van der Waals surface area contributed by atoms with Crippen LogP contribution in [0.5, 0.6) is 0 Å². The first-order valence-corrected chi connectivity index (χ1v) is 9.87. The van der Waals surface area contributed by atoms with E-state index in [2.05, 4.69) is 48.5 Å². The molecule has 0 radical (unpaired) electrons. The molecule has 1 N–H and O–H groups in total. The average Bonchev–Trinajstić information content (AvgIpc) is 2.70. The second-order valence-electron chi connectivity index (χ2n) is 7.43. The van der Waals surface area contributed by atoms with Crippen LogP contribution in [0.2, 0.25) is 0 Å². The monoisotopic (exact) mass is 366 g/mol. The van der Waals surface area contributed by atoms with Gasteiger partial charge >= 0.3 is 0 Å².